The molecule has 1 aromatic heterocycles. The highest BCUT2D eigenvalue weighted by Crippen LogP contribution is 2.25. The van der Waals surface area contributed by atoms with E-state index in [9.17, 15) is 0 Å². The van der Waals surface area contributed by atoms with Crippen LogP contribution in [-0.2, 0) is 6.54 Å². The molecule has 1 nitrogen and oxygen atoms in total. The molecule has 96 valence electrons. The number of fused-ring (bicyclic) bond motifs is 1. The van der Waals surface area contributed by atoms with Crippen LogP contribution in [0, 0.1) is 0 Å². The normalized spacial score (nSPS) is 11.1. The standard InChI is InChI=1S/C15H10Cl3N/c16-12-3-4-15-10(7-12)5-6-19(15)9-11-1-2-13(17)8-14(11)18/h1-8H,9H2. The fourth-order valence-corrected chi connectivity index (χ4v) is 2.79. The lowest BCUT2D eigenvalue weighted by Gasteiger charge is -2.08. The molecule has 0 unspecified atom stereocenters. The van der Waals surface area contributed by atoms with Gasteiger partial charge < -0.3 is 4.57 Å². The first-order valence-corrected chi connectivity index (χ1v) is 6.95. The Labute approximate surface area is 126 Å². The Morgan fingerprint density at radius 1 is 0.842 bits per heavy atom. The Hall–Kier alpha value is -1.15. The van der Waals surface area contributed by atoms with Gasteiger partial charge in [0, 0.05) is 38.7 Å². The van der Waals surface area contributed by atoms with Gasteiger partial charge in [0.1, 0.15) is 0 Å². The van der Waals surface area contributed by atoms with Gasteiger partial charge in [-0.1, -0.05) is 40.9 Å². The number of benzene rings is 2. The summed E-state index contributed by atoms with van der Waals surface area (Å²) in [4.78, 5) is 0. The fourth-order valence-electron chi connectivity index (χ4n) is 2.14. The van der Waals surface area contributed by atoms with E-state index in [0.717, 1.165) is 21.5 Å². The van der Waals surface area contributed by atoms with E-state index in [-0.39, 0.29) is 0 Å². The van der Waals surface area contributed by atoms with Crippen molar-refractivity contribution >= 4 is 45.7 Å². The molecule has 3 rings (SSSR count). The minimum Gasteiger partial charge on any atom is -0.343 e. The van der Waals surface area contributed by atoms with Crippen molar-refractivity contribution in [2.75, 3.05) is 0 Å². The van der Waals surface area contributed by atoms with E-state index in [1.54, 1.807) is 6.07 Å². The van der Waals surface area contributed by atoms with Crippen LogP contribution in [0.5, 0.6) is 0 Å². The van der Waals surface area contributed by atoms with Gasteiger partial charge in [0.15, 0.2) is 0 Å². The van der Waals surface area contributed by atoms with E-state index in [4.69, 9.17) is 34.8 Å². The molecule has 0 spiro atoms. The first-order valence-electron chi connectivity index (χ1n) is 5.82. The maximum absolute atomic E-state index is 6.20. The Bertz CT molecular complexity index is 746. The van der Waals surface area contributed by atoms with Crippen LogP contribution in [0.1, 0.15) is 5.56 Å². The van der Waals surface area contributed by atoms with E-state index >= 15 is 0 Å². The van der Waals surface area contributed by atoms with Crippen LogP contribution in [0.15, 0.2) is 48.7 Å². The number of halogens is 3. The molecule has 0 atom stereocenters. The predicted octanol–water partition coefficient (Wildman–Crippen LogP) is 5.65. The Morgan fingerprint density at radius 2 is 1.58 bits per heavy atom. The van der Waals surface area contributed by atoms with Crippen molar-refractivity contribution in [3.8, 4) is 0 Å². The maximum atomic E-state index is 6.20. The number of hydrogen-bond acceptors (Lipinski definition) is 0. The van der Waals surface area contributed by atoms with E-state index < -0.39 is 0 Å². The molecule has 0 fully saturated rings. The van der Waals surface area contributed by atoms with Crippen molar-refractivity contribution in [3.05, 3.63) is 69.3 Å². The molecular formula is C15H10Cl3N. The highest BCUT2D eigenvalue weighted by molar-refractivity contribution is 6.35. The summed E-state index contributed by atoms with van der Waals surface area (Å²) in [5.41, 5.74) is 2.17. The van der Waals surface area contributed by atoms with Gasteiger partial charge in [-0.05, 0) is 42.0 Å². The smallest absolute Gasteiger partial charge is 0.0490 e. The minimum absolute atomic E-state index is 0.651. The summed E-state index contributed by atoms with van der Waals surface area (Å²) in [7, 11) is 0. The minimum atomic E-state index is 0.651. The highest BCUT2D eigenvalue weighted by atomic mass is 35.5. The van der Waals surface area contributed by atoms with Gasteiger partial charge in [0.05, 0.1) is 0 Å². The average molecular weight is 311 g/mol. The van der Waals surface area contributed by atoms with Gasteiger partial charge in [-0.2, -0.15) is 0 Å². The topological polar surface area (TPSA) is 4.93 Å². The second-order valence-corrected chi connectivity index (χ2v) is 5.66. The molecule has 0 aliphatic heterocycles. The molecule has 3 aromatic rings. The summed E-state index contributed by atoms with van der Waals surface area (Å²) >= 11 is 18.1. The highest BCUT2D eigenvalue weighted by Gasteiger charge is 2.05. The van der Waals surface area contributed by atoms with Crippen LogP contribution in [0.2, 0.25) is 15.1 Å². The first kappa shape index (κ1) is 12.9. The third kappa shape index (κ3) is 2.59. The van der Waals surface area contributed by atoms with Gasteiger partial charge >= 0.3 is 0 Å². The number of hydrogen-bond donors (Lipinski definition) is 0. The molecule has 0 saturated carbocycles. The number of aromatic nitrogens is 1. The zero-order valence-electron chi connectivity index (χ0n) is 9.91. The van der Waals surface area contributed by atoms with Gasteiger partial charge in [-0.25, -0.2) is 0 Å². The molecule has 0 aliphatic rings. The Balaban J connectivity index is 2.01. The van der Waals surface area contributed by atoms with Gasteiger partial charge in [-0.3, -0.25) is 0 Å². The molecule has 0 radical (unpaired) electrons. The summed E-state index contributed by atoms with van der Waals surface area (Å²) in [5, 5.41) is 3.20. The Morgan fingerprint density at radius 3 is 2.37 bits per heavy atom. The monoisotopic (exact) mass is 309 g/mol. The number of rotatable bonds is 2. The van der Waals surface area contributed by atoms with Crippen LogP contribution in [-0.4, -0.2) is 4.57 Å². The molecule has 0 bridgehead atoms. The van der Waals surface area contributed by atoms with Crippen molar-refractivity contribution in [1.82, 2.24) is 4.57 Å². The summed E-state index contributed by atoms with van der Waals surface area (Å²) in [6, 6.07) is 13.5. The fraction of sp³-hybridized carbons (Fsp3) is 0.0667. The summed E-state index contributed by atoms with van der Waals surface area (Å²) in [6.07, 6.45) is 2.03. The summed E-state index contributed by atoms with van der Waals surface area (Å²) in [5.74, 6) is 0. The molecule has 0 amide bonds. The average Bonchev–Trinajstić information content (AvgIpc) is 2.75. The molecule has 0 N–H and O–H groups in total. The molecular weight excluding hydrogens is 301 g/mol. The largest absolute Gasteiger partial charge is 0.343 e. The summed E-state index contributed by atoms with van der Waals surface area (Å²) in [6.45, 7) is 0.709. The first-order chi connectivity index (χ1) is 9.13. The molecule has 0 aliphatic carbocycles. The Kier molecular flexibility index (Phi) is 3.44. The summed E-state index contributed by atoms with van der Waals surface area (Å²) < 4.78 is 2.14. The molecule has 19 heavy (non-hydrogen) atoms. The van der Waals surface area contributed by atoms with E-state index in [1.165, 1.54) is 0 Å². The molecule has 4 heteroatoms. The van der Waals surface area contributed by atoms with Gasteiger partial charge in [0.2, 0.25) is 0 Å². The van der Waals surface area contributed by atoms with Crippen molar-refractivity contribution in [1.29, 1.82) is 0 Å². The molecule has 2 aromatic carbocycles. The third-order valence-electron chi connectivity index (χ3n) is 3.09. The van der Waals surface area contributed by atoms with Crippen LogP contribution < -0.4 is 0 Å². The maximum Gasteiger partial charge on any atom is 0.0490 e. The van der Waals surface area contributed by atoms with E-state index in [2.05, 4.69) is 4.57 Å². The lowest BCUT2D eigenvalue weighted by atomic mass is 10.2. The SMILES string of the molecule is Clc1ccc(Cn2ccc3cc(Cl)ccc32)c(Cl)c1. The van der Waals surface area contributed by atoms with Crippen LogP contribution in [0.3, 0.4) is 0 Å². The second kappa shape index (κ2) is 5.09. The van der Waals surface area contributed by atoms with Gasteiger partial charge in [0.25, 0.3) is 0 Å². The third-order valence-corrected chi connectivity index (χ3v) is 3.91. The number of nitrogens with zero attached hydrogens (tertiary/aromatic N) is 1. The van der Waals surface area contributed by atoms with Crippen molar-refractivity contribution in [3.63, 3.8) is 0 Å². The van der Waals surface area contributed by atoms with E-state index in [1.807, 2.05) is 42.6 Å². The van der Waals surface area contributed by atoms with Crippen LogP contribution in [0.4, 0.5) is 0 Å². The quantitative estimate of drug-likeness (QED) is 0.576. The van der Waals surface area contributed by atoms with Gasteiger partial charge in [-0.15, -0.1) is 0 Å². The lowest BCUT2D eigenvalue weighted by molar-refractivity contribution is 0.837. The second-order valence-electron chi connectivity index (χ2n) is 4.38. The van der Waals surface area contributed by atoms with Crippen molar-refractivity contribution < 1.29 is 0 Å². The molecule has 0 saturated heterocycles. The zero-order chi connectivity index (χ0) is 13.4. The molecule has 1 heterocycles. The lowest BCUT2D eigenvalue weighted by Crippen LogP contribution is -1.98. The van der Waals surface area contributed by atoms with Crippen LogP contribution in [0.25, 0.3) is 10.9 Å². The van der Waals surface area contributed by atoms with Crippen LogP contribution >= 0.6 is 34.8 Å². The van der Waals surface area contributed by atoms with E-state index in [0.29, 0.717) is 16.6 Å². The van der Waals surface area contributed by atoms with Crippen molar-refractivity contribution in [2.45, 2.75) is 6.54 Å². The predicted molar refractivity (Wildman–Crippen MR) is 82.5 cm³/mol. The van der Waals surface area contributed by atoms with Crippen molar-refractivity contribution in [2.24, 2.45) is 0 Å². The zero-order valence-corrected chi connectivity index (χ0v) is 12.2.